The van der Waals surface area contributed by atoms with E-state index >= 15 is 0 Å². The van der Waals surface area contributed by atoms with Gasteiger partial charge in [-0.05, 0) is 36.6 Å². The number of likely N-dealkylation sites (tertiary alicyclic amines) is 1. The molecule has 1 N–H and O–H groups in total. The summed E-state index contributed by atoms with van der Waals surface area (Å²) in [5.41, 5.74) is 3.39. The molecule has 1 fully saturated rings. The Hall–Kier alpha value is -2.67. The van der Waals surface area contributed by atoms with E-state index < -0.39 is 11.6 Å². The third-order valence-electron chi connectivity index (χ3n) is 6.69. The fourth-order valence-corrected chi connectivity index (χ4v) is 5.38. The summed E-state index contributed by atoms with van der Waals surface area (Å²) in [6.45, 7) is 5.94. The molecule has 0 saturated carbocycles. The number of nitrogens with one attached hydrogen (secondary N) is 1. The van der Waals surface area contributed by atoms with Crippen molar-refractivity contribution in [2.75, 3.05) is 43.0 Å². The van der Waals surface area contributed by atoms with Crippen molar-refractivity contribution in [3.05, 3.63) is 53.6 Å². The zero-order chi connectivity index (χ0) is 20.9. The van der Waals surface area contributed by atoms with Crippen LogP contribution in [0, 0.1) is 11.6 Å². The number of hydrogen-bond donors (Lipinski definition) is 1. The number of para-hydroxylation sites is 1. The van der Waals surface area contributed by atoms with Gasteiger partial charge in [-0.2, -0.15) is 0 Å². The Labute approximate surface area is 174 Å². The number of carbonyl (C=O) groups excluding carboxylic acids is 1. The summed E-state index contributed by atoms with van der Waals surface area (Å²) < 4.78 is 31.9. The molecule has 2 unspecified atom stereocenters. The van der Waals surface area contributed by atoms with Crippen molar-refractivity contribution in [1.82, 2.24) is 4.90 Å². The molecule has 3 aliphatic rings. The number of anilines is 2. The summed E-state index contributed by atoms with van der Waals surface area (Å²) in [5.74, 6) is -1.35. The fraction of sp³-hybridized carbons (Fsp3) is 0.435. The lowest BCUT2D eigenvalue weighted by atomic mass is 9.74. The zero-order valence-electron chi connectivity index (χ0n) is 17.0. The van der Waals surface area contributed by atoms with Crippen molar-refractivity contribution in [3.63, 3.8) is 0 Å². The van der Waals surface area contributed by atoms with E-state index in [0.717, 1.165) is 50.3 Å². The Morgan fingerprint density at radius 1 is 1.23 bits per heavy atom. The Morgan fingerprint density at radius 3 is 2.93 bits per heavy atom. The minimum atomic E-state index is -0.892. The van der Waals surface area contributed by atoms with Gasteiger partial charge < -0.3 is 19.9 Å². The van der Waals surface area contributed by atoms with Gasteiger partial charge in [0.1, 0.15) is 5.75 Å². The molecule has 0 radical (unpaired) electrons. The molecule has 5 nitrogen and oxygen atoms in total. The van der Waals surface area contributed by atoms with Crippen LogP contribution in [0.1, 0.15) is 25.3 Å². The lowest BCUT2D eigenvalue weighted by Gasteiger charge is -2.45. The molecule has 5 rings (SSSR count). The molecule has 0 aliphatic carbocycles. The third kappa shape index (κ3) is 3.12. The van der Waals surface area contributed by atoms with Crippen LogP contribution >= 0.6 is 0 Å². The van der Waals surface area contributed by atoms with E-state index in [0.29, 0.717) is 24.9 Å². The standard InChI is InChI=1S/C23H25F2N3O2/c1-23-14-27(9-3-11-30-15-6-7-17(24)18(25)12-15)10-8-20(23)28-13-21(29)26-19-5-2-4-16(23)22(19)28/h2,4-7,12,20H,3,8-11,13-14H2,1H3,(H,26,29). The molecule has 158 valence electrons. The van der Waals surface area contributed by atoms with Crippen molar-refractivity contribution >= 4 is 17.3 Å². The maximum Gasteiger partial charge on any atom is 0.243 e. The quantitative estimate of drug-likeness (QED) is 0.762. The smallest absolute Gasteiger partial charge is 0.243 e. The molecular formula is C23H25F2N3O2. The molecular weight excluding hydrogens is 388 g/mol. The molecule has 0 bridgehead atoms. The molecule has 7 heteroatoms. The summed E-state index contributed by atoms with van der Waals surface area (Å²) >= 11 is 0. The minimum Gasteiger partial charge on any atom is -0.493 e. The molecule has 3 aliphatic heterocycles. The molecule has 30 heavy (non-hydrogen) atoms. The zero-order valence-corrected chi connectivity index (χ0v) is 17.0. The van der Waals surface area contributed by atoms with E-state index in [1.807, 2.05) is 12.1 Å². The highest BCUT2D eigenvalue weighted by Crippen LogP contribution is 2.52. The van der Waals surface area contributed by atoms with Crippen LogP contribution in [0.3, 0.4) is 0 Å². The predicted octanol–water partition coefficient (Wildman–Crippen LogP) is 3.54. The lowest BCUT2D eigenvalue weighted by molar-refractivity contribution is -0.115. The predicted molar refractivity (Wildman–Crippen MR) is 111 cm³/mol. The van der Waals surface area contributed by atoms with Crippen LogP contribution in [-0.4, -0.2) is 49.6 Å². The van der Waals surface area contributed by atoms with Gasteiger partial charge in [0, 0.05) is 37.2 Å². The number of halogens is 2. The monoisotopic (exact) mass is 413 g/mol. The van der Waals surface area contributed by atoms with E-state index in [9.17, 15) is 13.6 Å². The molecule has 2 atom stereocenters. The minimum absolute atomic E-state index is 0.0309. The first-order valence-electron chi connectivity index (χ1n) is 10.5. The topological polar surface area (TPSA) is 44.8 Å². The molecule has 1 amide bonds. The normalized spacial score (nSPS) is 25.0. The Kier molecular flexibility index (Phi) is 4.65. The van der Waals surface area contributed by atoms with E-state index in [4.69, 9.17) is 4.74 Å². The summed E-state index contributed by atoms with van der Waals surface area (Å²) in [7, 11) is 0. The van der Waals surface area contributed by atoms with Crippen LogP contribution in [0.5, 0.6) is 5.75 Å². The first-order valence-corrected chi connectivity index (χ1v) is 10.5. The van der Waals surface area contributed by atoms with Crippen molar-refractivity contribution in [3.8, 4) is 5.75 Å². The second kappa shape index (κ2) is 7.23. The molecule has 2 aromatic carbocycles. The molecule has 1 saturated heterocycles. The van der Waals surface area contributed by atoms with Crippen LogP contribution in [0.25, 0.3) is 0 Å². The van der Waals surface area contributed by atoms with E-state index in [1.165, 1.54) is 17.3 Å². The summed E-state index contributed by atoms with van der Waals surface area (Å²) in [6.07, 6.45) is 1.80. The maximum absolute atomic E-state index is 13.3. The summed E-state index contributed by atoms with van der Waals surface area (Å²) in [4.78, 5) is 16.9. The number of fused-ring (bicyclic) bond motifs is 3. The highest BCUT2D eigenvalue weighted by atomic mass is 19.2. The number of piperidine rings is 1. The number of carbonyl (C=O) groups is 1. The van der Waals surface area contributed by atoms with Gasteiger partial charge in [-0.3, -0.25) is 4.79 Å². The second-order valence-corrected chi connectivity index (χ2v) is 8.65. The Morgan fingerprint density at radius 2 is 2.10 bits per heavy atom. The fourth-order valence-electron chi connectivity index (χ4n) is 5.38. The van der Waals surface area contributed by atoms with Crippen molar-refractivity contribution in [2.24, 2.45) is 0 Å². The molecule has 0 spiro atoms. The van der Waals surface area contributed by atoms with Gasteiger partial charge in [-0.25, -0.2) is 8.78 Å². The van der Waals surface area contributed by atoms with Crippen LogP contribution < -0.4 is 15.0 Å². The molecule has 3 heterocycles. The number of amides is 1. The average molecular weight is 413 g/mol. The highest BCUT2D eigenvalue weighted by molar-refractivity contribution is 6.03. The van der Waals surface area contributed by atoms with Gasteiger partial charge in [0.15, 0.2) is 11.6 Å². The average Bonchev–Trinajstić information content (AvgIpc) is 2.97. The van der Waals surface area contributed by atoms with Gasteiger partial charge in [0.2, 0.25) is 5.91 Å². The van der Waals surface area contributed by atoms with Crippen molar-refractivity contribution < 1.29 is 18.3 Å². The largest absolute Gasteiger partial charge is 0.493 e. The third-order valence-corrected chi connectivity index (χ3v) is 6.69. The summed E-state index contributed by atoms with van der Waals surface area (Å²) in [6, 6.07) is 10.1. The molecule has 0 aromatic heterocycles. The van der Waals surface area contributed by atoms with E-state index in [-0.39, 0.29) is 11.3 Å². The van der Waals surface area contributed by atoms with Gasteiger partial charge >= 0.3 is 0 Å². The van der Waals surface area contributed by atoms with Crippen LogP contribution in [-0.2, 0) is 10.2 Å². The number of ether oxygens (including phenoxy) is 1. The van der Waals surface area contributed by atoms with Crippen LogP contribution in [0.4, 0.5) is 20.2 Å². The van der Waals surface area contributed by atoms with Crippen LogP contribution in [0.15, 0.2) is 36.4 Å². The second-order valence-electron chi connectivity index (χ2n) is 8.65. The van der Waals surface area contributed by atoms with Crippen molar-refractivity contribution in [2.45, 2.75) is 31.2 Å². The van der Waals surface area contributed by atoms with Crippen LogP contribution in [0.2, 0.25) is 0 Å². The summed E-state index contributed by atoms with van der Waals surface area (Å²) in [5, 5.41) is 3.01. The Balaban J connectivity index is 1.24. The van der Waals surface area contributed by atoms with Gasteiger partial charge in [-0.1, -0.05) is 19.1 Å². The van der Waals surface area contributed by atoms with Gasteiger partial charge in [-0.15, -0.1) is 0 Å². The first kappa shape index (κ1) is 19.3. The maximum atomic E-state index is 13.3. The van der Waals surface area contributed by atoms with Gasteiger partial charge in [0.25, 0.3) is 0 Å². The SMILES string of the molecule is CC12CN(CCCOc3ccc(F)c(F)c3)CCC1N1CC(=O)Nc3cccc2c31. The highest BCUT2D eigenvalue weighted by Gasteiger charge is 2.52. The van der Waals surface area contributed by atoms with Gasteiger partial charge in [0.05, 0.1) is 24.5 Å². The number of rotatable bonds is 5. The van der Waals surface area contributed by atoms with Crippen molar-refractivity contribution in [1.29, 1.82) is 0 Å². The van der Waals surface area contributed by atoms with E-state index in [2.05, 4.69) is 28.1 Å². The number of hydrogen-bond acceptors (Lipinski definition) is 4. The first-order chi connectivity index (χ1) is 14.5. The van der Waals surface area contributed by atoms with E-state index in [1.54, 1.807) is 0 Å². The lowest BCUT2D eigenvalue weighted by Crippen LogP contribution is -2.57. The molecule has 2 aromatic rings. The Bertz CT molecular complexity index is 998. The number of benzene rings is 2. The number of nitrogens with zero attached hydrogens (tertiary/aromatic N) is 2.